The number of benzene rings is 1. The lowest BCUT2D eigenvalue weighted by Crippen LogP contribution is -2.19. The Labute approximate surface area is 88.0 Å². The van der Waals surface area contributed by atoms with E-state index in [0.717, 1.165) is 5.56 Å². The molecule has 4 heteroatoms. The van der Waals surface area contributed by atoms with Crippen molar-refractivity contribution >= 4 is 0 Å². The standard InChI is InChI=1S/C11H14FNO2/c1-7(13)4-8-5-9(12)11-10(6-8)14-2-3-15-11/h5-7H,2-4,13H2,1H3. The van der Waals surface area contributed by atoms with E-state index in [1.165, 1.54) is 6.07 Å². The molecule has 1 aromatic rings. The van der Waals surface area contributed by atoms with Crippen LogP contribution in [0.3, 0.4) is 0 Å². The van der Waals surface area contributed by atoms with Gasteiger partial charge in [-0.15, -0.1) is 0 Å². The first-order valence-electron chi connectivity index (χ1n) is 5.00. The predicted octanol–water partition coefficient (Wildman–Crippen LogP) is 1.49. The first kappa shape index (κ1) is 10.2. The normalized spacial score (nSPS) is 16.2. The van der Waals surface area contributed by atoms with Crippen LogP contribution >= 0.6 is 0 Å². The van der Waals surface area contributed by atoms with E-state index in [9.17, 15) is 4.39 Å². The third-order valence-corrected chi connectivity index (χ3v) is 2.21. The fourth-order valence-corrected chi connectivity index (χ4v) is 1.65. The van der Waals surface area contributed by atoms with Crippen molar-refractivity contribution in [1.29, 1.82) is 0 Å². The summed E-state index contributed by atoms with van der Waals surface area (Å²) in [5.41, 5.74) is 6.50. The molecule has 1 heterocycles. The summed E-state index contributed by atoms with van der Waals surface area (Å²) in [4.78, 5) is 0. The smallest absolute Gasteiger partial charge is 0.197 e. The molecule has 0 fully saturated rings. The second kappa shape index (κ2) is 4.06. The van der Waals surface area contributed by atoms with Gasteiger partial charge >= 0.3 is 0 Å². The van der Waals surface area contributed by atoms with E-state index in [1.807, 2.05) is 6.92 Å². The Bertz CT molecular complexity index is 366. The Morgan fingerprint density at radius 3 is 2.87 bits per heavy atom. The molecule has 2 N–H and O–H groups in total. The van der Waals surface area contributed by atoms with Gasteiger partial charge in [0.25, 0.3) is 0 Å². The van der Waals surface area contributed by atoms with Crippen molar-refractivity contribution in [3.63, 3.8) is 0 Å². The number of fused-ring (bicyclic) bond motifs is 1. The van der Waals surface area contributed by atoms with Crippen LogP contribution in [0.5, 0.6) is 11.5 Å². The van der Waals surface area contributed by atoms with Crippen LogP contribution in [0.4, 0.5) is 4.39 Å². The number of hydrogen-bond acceptors (Lipinski definition) is 3. The maximum Gasteiger partial charge on any atom is 0.197 e. The van der Waals surface area contributed by atoms with E-state index in [1.54, 1.807) is 6.07 Å². The number of nitrogens with two attached hydrogens (primary N) is 1. The van der Waals surface area contributed by atoms with Gasteiger partial charge in [0.1, 0.15) is 13.2 Å². The lowest BCUT2D eigenvalue weighted by molar-refractivity contribution is 0.164. The Hall–Kier alpha value is -1.29. The van der Waals surface area contributed by atoms with Gasteiger partial charge in [0, 0.05) is 6.04 Å². The molecule has 0 saturated carbocycles. The number of ether oxygens (including phenoxy) is 2. The minimum absolute atomic E-state index is 0.00644. The highest BCUT2D eigenvalue weighted by molar-refractivity contribution is 5.45. The molecule has 1 aromatic carbocycles. The summed E-state index contributed by atoms with van der Waals surface area (Å²) in [6.07, 6.45) is 0.632. The van der Waals surface area contributed by atoms with Crippen molar-refractivity contribution < 1.29 is 13.9 Å². The van der Waals surface area contributed by atoms with Crippen molar-refractivity contribution in [2.45, 2.75) is 19.4 Å². The van der Waals surface area contributed by atoms with E-state index >= 15 is 0 Å². The molecule has 1 atom stereocenters. The van der Waals surface area contributed by atoms with Crippen LogP contribution in [0.15, 0.2) is 12.1 Å². The highest BCUT2D eigenvalue weighted by atomic mass is 19.1. The van der Waals surface area contributed by atoms with Crippen LogP contribution in [-0.2, 0) is 6.42 Å². The average Bonchev–Trinajstić information content (AvgIpc) is 2.16. The van der Waals surface area contributed by atoms with Crippen LogP contribution < -0.4 is 15.2 Å². The largest absolute Gasteiger partial charge is 0.486 e. The minimum Gasteiger partial charge on any atom is -0.486 e. The molecule has 15 heavy (non-hydrogen) atoms. The molecule has 0 radical (unpaired) electrons. The molecule has 0 aromatic heterocycles. The van der Waals surface area contributed by atoms with Gasteiger partial charge in [-0.25, -0.2) is 4.39 Å². The monoisotopic (exact) mass is 211 g/mol. The first-order valence-corrected chi connectivity index (χ1v) is 5.00. The highest BCUT2D eigenvalue weighted by Crippen LogP contribution is 2.34. The molecule has 0 bridgehead atoms. The highest BCUT2D eigenvalue weighted by Gasteiger charge is 2.17. The Morgan fingerprint density at radius 1 is 1.40 bits per heavy atom. The maximum atomic E-state index is 13.5. The number of hydrogen-bond donors (Lipinski definition) is 1. The van der Waals surface area contributed by atoms with Crippen LogP contribution in [0, 0.1) is 5.82 Å². The number of halogens is 1. The molecule has 1 unspecified atom stereocenters. The molecule has 0 aliphatic carbocycles. The molecule has 1 aliphatic rings. The molecule has 82 valence electrons. The zero-order chi connectivity index (χ0) is 10.8. The van der Waals surface area contributed by atoms with Gasteiger partial charge in [0.2, 0.25) is 0 Å². The molecule has 2 rings (SSSR count). The maximum absolute atomic E-state index is 13.5. The summed E-state index contributed by atoms with van der Waals surface area (Å²) < 4.78 is 24.0. The Morgan fingerprint density at radius 2 is 2.13 bits per heavy atom. The van der Waals surface area contributed by atoms with E-state index in [2.05, 4.69) is 0 Å². The third kappa shape index (κ3) is 2.21. The Kier molecular flexibility index (Phi) is 2.77. The summed E-state index contributed by atoms with van der Waals surface area (Å²) in [5, 5.41) is 0. The molecule has 0 saturated heterocycles. The van der Waals surface area contributed by atoms with Gasteiger partial charge in [-0.3, -0.25) is 0 Å². The summed E-state index contributed by atoms with van der Waals surface area (Å²) in [6.45, 7) is 2.75. The second-order valence-corrected chi connectivity index (χ2v) is 3.78. The van der Waals surface area contributed by atoms with Crippen molar-refractivity contribution in [3.05, 3.63) is 23.5 Å². The molecule has 0 spiro atoms. The summed E-state index contributed by atoms with van der Waals surface area (Å²) >= 11 is 0. The Balaban J connectivity index is 2.32. The molecule has 3 nitrogen and oxygen atoms in total. The van der Waals surface area contributed by atoms with Crippen molar-refractivity contribution in [2.24, 2.45) is 5.73 Å². The third-order valence-electron chi connectivity index (χ3n) is 2.21. The van der Waals surface area contributed by atoms with Gasteiger partial charge < -0.3 is 15.2 Å². The number of rotatable bonds is 2. The van der Waals surface area contributed by atoms with E-state index in [0.29, 0.717) is 25.4 Å². The minimum atomic E-state index is -0.372. The average molecular weight is 211 g/mol. The molecular formula is C11H14FNO2. The fourth-order valence-electron chi connectivity index (χ4n) is 1.65. The molecule has 0 amide bonds. The SMILES string of the molecule is CC(N)Cc1cc(F)c2c(c1)OCCO2. The fraction of sp³-hybridized carbons (Fsp3) is 0.455. The lowest BCUT2D eigenvalue weighted by Gasteiger charge is -2.20. The van der Waals surface area contributed by atoms with Gasteiger partial charge in [-0.2, -0.15) is 0 Å². The van der Waals surface area contributed by atoms with Crippen molar-refractivity contribution in [2.75, 3.05) is 13.2 Å². The van der Waals surface area contributed by atoms with Crippen LogP contribution in [0.25, 0.3) is 0 Å². The van der Waals surface area contributed by atoms with E-state index < -0.39 is 0 Å². The first-order chi connectivity index (χ1) is 7.16. The quantitative estimate of drug-likeness (QED) is 0.806. The van der Waals surface area contributed by atoms with Crippen molar-refractivity contribution in [3.8, 4) is 11.5 Å². The second-order valence-electron chi connectivity index (χ2n) is 3.78. The summed E-state index contributed by atoms with van der Waals surface area (Å²) in [6, 6.07) is 3.25. The van der Waals surface area contributed by atoms with Crippen molar-refractivity contribution in [1.82, 2.24) is 0 Å². The van der Waals surface area contributed by atoms with Gasteiger partial charge in [0.05, 0.1) is 0 Å². The predicted molar refractivity (Wildman–Crippen MR) is 54.7 cm³/mol. The molecular weight excluding hydrogens is 197 g/mol. The van der Waals surface area contributed by atoms with E-state index in [-0.39, 0.29) is 17.6 Å². The molecule has 1 aliphatic heterocycles. The van der Waals surface area contributed by atoms with Crippen LogP contribution in [-0.4, -0.2) is 19.3 Å². The zero-order valence-electron chi connectivity index (χ0n) is 8.63. The van der Waals surface area contributed by atoms with Crippen LogP contribution in [0.2, 0.25) is 0 Å². The van der Waals surface area contributed by atoms with Gasteiger partial charge in [-0.1, -0.05) is 0 Å². The topological polar surface area (TPSA) is 44.5 Å². The van der Waals surface area contributed by atoms with Crippen LogP contribution in [0.1, 0.15) is 12.5 Å². The zero-order valence-corrected chi connectivity index (χ0v) is 8.63. The van der Waals surface area contributed by atoms with E-state index in [4.69, 9.17) is 15.2 Å². The lowest BCUT2D eigenvalue weighted by atomic mass is 10.1. The van der Waals surface area contributed by atoms with Gasteiger partial charge in [-0.05, 0) is 31.0 Å². The summed E-state index contributed by atoms with van der Waals surface area (Å²) in [7, 11) is 0. The summed E-state index contributed by atoms with van der Waals surface area (Å²) in [5.74, 6) is 0.328. The van der Waals surface area contributed by atoms with Gasteiger partial charge in [0.15, 0.2) is 17.3 Å².